The highest BCUT2D eigenvalue weighted by Gasteiger charge is 2.01. The van der Waals surface area contributed by atoms with E-state index in [-0.39, 0.29) is 0 Å². The molecule has 0 saturated carbocycles. The Kier molecular flexibility index (Phi) is 8.81. The van der Waals surface area contributed by atoms with Crippen molar-refractivity contribution in [3.05, 3.63) is 12.2 Å². The third-order valence-corrected chi connectivity index (χ3v) is 1.23. The van der Waals surface area contributed by atoms with Gasteiger partial charge in [-0.05, 0) is 19.4 Å². The lowest BCUT2D eigenvalue weighted by molar-refractivity contribution is -0.870. The highest BCUT2D eigenvalue weighted by molar-refractivity contribution is 5.85. The molecule has 3 heteroatoms. The summed E-state index contributed by atoms with van der Waals surface area (Å²) in [5, 5.41) is 0. The van der Waals surface area contributed by atoms with Gasteiger partial charge < -0.3 is 10.2 Å². The van der Waals surface area contributed by atoms with Gasteiger partial charge in [-0.15, -0.1) is 0 Å². The number of amides is 1. The zero-order valence-electron chi connectivity index (χ0n) is 9.50. The van der Waals surface area contributed by atoms with Crippen LogP contribution in [0.1, 0.15) is 20.3 Å². The van der Waals surface area contributed by atoms with Crippen LogP contribution in [-0.2, 0) is 4.79 Å². The monoisotopic (exact) mass is 187 g/mol. The number of nitrogens with two attached hydrogens (primary N) is 1. The van der Waals surface area contributed by atoms with E-state index in [0.717, 1.165) is 4.48 Å². The first kappa shape index (κ1) is 14.7. The maximum atomic E-state index is 9.73. The standard InChI is InChI=1S/C6H16N.C4H7NO/c1-5-6-7(2,3)4;1-2-3-4(5)6/h5-6H2,1-4H3;2-3H,1H3,(H2,5,6)/q+1;. The number of hydrogen-bond donors (Lipinski definition) is 1. The smallest absolute Gasteiger partial charge is 0.241 e. The zero-order valence-corrected chi connectivity index (χ0v) is 9.50. The van der Waals surface area contributed by atoms with Gasteiger partial charge in [0.1, 0.15) is 0 Å². The minimum atomic E-state index is -0.391. The van der Waals surface area contributed by atoms with Crippen LogP contribution < -0.4 is 5.73 Å². The van der Waals surface area contributed by atoms with E-state index in [1.165, 1.54) is 19.0 Å². The van der Waals surface area contributed by atoms with Gasteiger partial charge in [0.15, 0.2) is 0 Å². The highest BCUT2D eigenvalue weighted by Crippen LogP contribution is 1.90. The number of rotatable bonds is 3. The molecule has 3 nitrogen and oxygen atoms in total. The molecule has 0 atom stereocenters. The van der Waals surface area contributed by atoms with Crippen molar-refractivity contribution in [2.45, 2.75) is 20.3 Å². The molecule has 78 valence electrons. The van der Waals surface area contributed by atoms with E-state index < -0.39 is 5.91 Å². The van der Waals surface area contributed by atoms with Gasteiger partial charge in [-0.3, -0.25) is 4.79 Å². The molecule has 2 N–H and O–H groups in total. The lowest BCUT2D eigenvalue weighted by atomic mass is 10.4. The third-order valence-electron chi connectivity index (χ3n) is 1.23. The van der Waals surface area contributed by atoms with E-state index in [1.807, 2.05) is 0 Å². The molecule has 0 aromatic heterocycles. The number of allylic oxidation sites excluding steroid dienone is 1. The molecule has 0 unspecified atom stereocenters. The molecule has 0 aromatic rings. The number of nitrogens with zero attached hydrogens (tertiary/aromatic N) is 1. The average molecular weight is 187 g/mol. The molecule has 0 aliphatic heterocycles. The highest BCUT2D eigenvalue weighted by atomic mass is 16.1. The van der Waals surface area contributed by atoms with Crippen molar-refractivity contribution in [1.82, 2.24) is 0 Å². The van der Waals surface area contributed by atoms with Gasteiger partial charge in [-0.25, -0.2) is 0 Å². The molecular formula is C10H23N2O+. The fraction of sp³-hybridized carbons (Fsp3) is 0.700. The summed E-state index contributed by atoms with van der Waals surface area (Å²) in [6.45, 7) is 5.23. The number of carbonyl (C=O) groups is 1. The zero-order chi connectivity index (χ0) is 10.9. The lowest BCUT2D eigenvalue weighted by Crippen LogP contribution is -2.34. The SMILES string of the molecule is CC=CC(N)=O.CCC[N+](C)(C)C. The summed E-state index contributed by atoms with van der Waals surface area (Å²) in [7, 11) is 6.64. The minimum absolute atomic E-state index is 0.391. The average Bonchev–Trinajstić information content (AvgIpc) is 1.84. The van der Waals surface area contributed by atoms with Gasteiger partial charge in [-0.1, -0.05) is 13.0 Å². The van der Waals surface area contributed by atoms with Crippen molar-refractivity contribution in [3.8, 4) is 0 Å². The van der Waals surface area contributed by atoms with E-state index in [1.54, 1.807) is 13.0 Å². The van der Waals surface area contributed by atoms with Crippen LogP contribution in [0, 0.1) is 0 Å². The quantitative estimate of drug-likeness (QED) is 0.523. The Morgan fingerprint density at radius 1 is 1.38 bits per heavy atom. The number of primary amides is 1. The Bertz CT molecular complexity index is 157. The van der Waals surface area contributed by atoms with Gasteiger partial charge in [0, 0.05) is 0 Å². The van der Waals surface area contributed by atoms with Crippen LogP contribution in [0.5, 0.6) is 0 Å². The first-order valence-electron chi connectivity index (χ1n) is 4.56. The number of hydrogen-bond acceptors (Lipinski definition) is 1. The normalized spacial score (nSPS) is 10.8. The fourth-order valence-electron chi connectivity index (χ4n) is 0.835. The summed E-state index contributed by atoms with van der Waals surface area (Å²) < 4.78 is 1.09. The van der Waals surface area contributed by atoms with Gasteiger partial charge in [0.05, 0.1) is 27.7 Å². The largest absolute Gasteiger partial charge is 0.366 e. The Balaban J connectivity index is 0. The summed E-state index contributed by atoms with van der Waals surface area (Å²) >= 11 is 0. The summed E-state index contributed by atoms with van der Waals surface area (Å²) in [6, 6.07) is 0. The Morgan fingerprint density at radius 3 is 1.85 bits per heavy atom. The van der Waals surface area contributed by atoms with Crippen LogP contribution in [0.15, 0.2) is 12.2 Å². The summed E-state index contributed by atoms with van der Waals surface area (Å²) in [5.74, 6) is -0.391. The van der Waals surface area contributed by atoms with E-state index in [0.29, 0.717) is 0 Å². The summed E-state index contributed by atoms with van der Waals surface area (Å²) in [5.41, 5.74) is 4.68. The van der Waals surface area contributed by atoms with Crippen LogP contribution in [0.3, 0.4) is 0 Å². The Labute approximate surface area is 81.8 Å². The molecule has 0 heterocycles. The predicted octanol–water partition coefficient (Wildman–Crippen LogP) is 1.15. The topological polar surface area (TPSA) is 43.1 Å². The second-order valence-corrected chi connectivity index (χ2v) is 3.92. The lowest BCUT2D eigenvalue weighted by Gasteiger charge is -2.22. The maximum absolute atomic E-state index is 9.73. The second-order valence-electron chi connectivity index (χ2n) is 3.92. The van der Waals surface area contributed by atoms with Crippen LogP contribution in [-0.4, -0.2) is 38.1 Å². The van der Waals surface area contributed by atoms with Gasteiger partial charge in [0.2, 0.25) is 5.91 Å². The molecule has 0 aromatic carbocycles. The van der Waals surface area contributed by atoms with E-state index in [9.17, 15) is 4.79 Å². The van der Waals surface area contributed by atoms with Crippen LogP contribution in [0.25, 0.3) is 0 Å². The van der Waals surface area contributed by atoms with Crippen molar-refractivity contribution < 1.29 is 9.28 Å². The third kappa shape index (κ3) is 24.7. The van der Waals surface area contributed by atoms with Gasteiger partial charge in [0.25, 0.3) is 0 Å². The van der Waals surface area contributed by atoms with E-state index in [2.05, 4.69) is 33.8 Å². The van der Waals surface area contributed by atoms with Crippen molar-refractivity contribution in [2.75, 3.05) is 27.7 Å². The minimum Gasteiger partial charge on any atom is -0.366 e. The molecule has 0 bridgehead atoms. The molecule has 0 saturated heterocycles. The summed E-state index contributed by atoms with van der Waals surface area (Å²) in [6.07, 6.45) is 4.19. The molecule has 1 amide bonds. The Morgan fingerprint density at radius 2 is 1.85 bits per heavy atom. The van der Waals surface area contributed by atoms with Crippen molar-refractivity contribution in [2.24, 2.45) is 5.73 Å². The number of carbonyl (C=O) groups excluding carboxylic acids is 1. The Hall–Kier alpha value is -0.830. The molecule has 0 aliphatic carbocycles. The molecule has 0 rings (SSSR count). The first-order chi connectivity index (χ1) is 5.83. The van der Waals surface area contributed by atoms with E-state index in [4.69, 9.17) is 0 Å². The fourth-order valence-corrected chi connectivity index (χ4v) is 0.835. The van der Waals surface area contributed by atoms with Crippen molar-refractivity contribution >= 4 is 5.91 Å². The molecule has 0 fully saturated rings. The van der Waals surface area contributed by atoms with Gasteiger partial charge >= 0.3 is 0 Å². The second kappa shape index (κ2) is 7.80. The van der Waals surface area contributed by atoms with Crippen molar-refractivity contribution in [1.29, 1.82) is 0 Å². The molecule has 0 aliphatic rings. The molecule has 0 spiro atoms. The molecule has 0 radical (unpaired) electrons. The number of quaternary nitrogens is 1. The molecule has 13 heavy (non-hydrogen) atoms. The summed E-state index contributed by atoms with van der Waals surface area (Å²) in [4.78, 5) is 9.73. The van der Waals surface area contributed by atoms with Crippen LogP contribution in [0.4, 0.5) is 0 Å². The predicted molar refractivity (Wildman–Crippen MR) is 57.2 cm³/mol. The first-order valence-corrected chi connectivity index (χ1v) is 4.56. The van der Waals surface area contributed by atoms with Gasteiger partial charge in [-0.2, -0.15) is 0 Å². The van der Waals surface area contributed by atoms with Crippen LogP contribution >= 0.6 is 0 Å². The molecular weight excluding hydrogens is 164 g/mol. The van der Waals surface area contributed by atoms with Crippen molar-refractivity contribution in [3.63, 3.8) is 0 Å². The van der Waals surface area contributed by atoms with Crippen LogP contribution in [0.2, 0.25) is 0 Å². The maximum Gasteiger partial charge on any atom is 0.241 e. The van der Waals surface area contributed by atoms with E-state index >= 15 is 0 Å².